The molecular weight excluding hydrogens is 336 g/mol. The van der Waals surface area contributed by atoms with E-state index in [1.807, 2.05) is 0 Å². The summed E-state index contributed by atoms with van der Waals surface area (Å²) < 4.78 is 27.7. The molecule has 7 heteroatoms. The van der Waals surface area contributed by atoms with E-state index in [4.69, 9.17) is 5.11 Å². The van der Waals surface area contributed by atoms with Crippen molar-refractivity contribution in [3.63, 3.8) is 0 Å². The molecule has 1 aliphatic heterocycles. The summed E-state index contributed by atoms with van der Waals surface area (Å²) >= 11 is 2.93. The van der Waals surface area contributed by atoms with Crippen LogP contribution in [0.2, 0.25) is 0 Å². The largest absolute Gasteiger partial charge is 0.480 e. The van der Waals surface area contributed by atoms with Crippen LogP contribution in [0, 0.1) is 11.6 Å². The fourth-order valence-corrected chi connectivity index (χ4v) is 2.72. The molecule has 1 saturated heterocycles. The molecule has 0 spiro atoms. The number of carboxylic acids is 1. The molecule has 0 bridgehead atoms. The van der Waals surface area contributed by atoms with E-state index >= 15 is 0 Å². The van der Waals surface area contributed by atoms with Gasteiger partial charge in [-0.1, -0.05) is 15.9 Å². The Labute approximate surface area is 122 Å². The van der Waals surface area contributed by atoms with Crippen molar-refractivity contribution < 1.29 is 23.5 Å². The molecule has 0 aromatic heterocycles. The van der Waals surface area contributed by atoms with Crippen molar-refractivity contribution in [3.8, 4) is 0 Å². The highest BCUT2D eigenvalue weighted by Gasteiger charge is 2.34. The van der Waals surface area contributed by atoms with Gasteiger partial charge < -0.3 is 10.0 Å². The number of halogens is 3. The summed E-state index contributed by atoms with van der Waals surface area (Å²) in [7, 11) is 0. The molecule has 2 rings (SSSR count). The lowest BCUT2D eigenvalue weighted by molar-refractivity contribution is -0.143. The number of carboxylic acid groups (broad SMARTS) is 1. The molecule has 1 N–H and O–H groups in total. The van der Waals surface area contributed by atoms with E-state index in [2.05, 4.69) is 15.9 Å². The van der Waals surface area contributed by atoms with Gasteiger partial charge in [-0.15, -0.1) is 0 Å². The van der Waals surface area contributed by atoms with Crippen LogP contribution in [0.5, 0.6) is 0 Å². The fraction of sp³-hybridized carbons (Fsp3) is 0.385. The maximum atomic E-state index is 13.8. The monoisotopic (exact) mass is 347 g/mol. The number of piperidine rings is 1. The maximum Gasteiger partial charge on any atom is 0.326 e. The van der Waals surface area contributed by atoms with E-state index in [9.17, 15) is 18.4 Å². The number of amides is 1. The van der Waals surface area contributed by atoms with Crippen molar-refractivity contribution in [2.24, 2.45) is 0 Å². The number of likely N-dealkylation sites (tertiary alicyclic amines) is 1. The molecule has 1 aromatic carbocycles. The molecule has 1 heterocycles. The quantitative estimate of drug-likeness (QED) is 0.894. The lowest BCUT2D eigenvalue weighted by Crippen LogP contribution is -2.48. The number of carbonyl (C=O) groups excluding carboxylic acids is 1. The molecule has 0 saturated carbocycles. The highest BCUT2D eigenvalue weighted by atomic mass is 79.9. The number of aliphatic carboxylic acids is 1. The van der Waals surface area contributed by atoms with Crippen LogP contribution in [0.25, 0.3) is 0 Å². The van der Waals surface area contributed by atoms with E-state index in [1.165, 1.54) is 0 Å². The number of rotatable bonds is 2. The molecule has 20 heavy (non-hydrogen) atoms. The molecule has 1 aliphatic rings. The Morgan fingerprint density at radius 2 is 1.85 bits per heavy atom. The van der Waals surface area contributed by atoms with Gasteiger partial charge in [0.2, 0.25) is 0 Å². The van der Waals surface area contributed by atoms with Crippen LogP contribution in [-0.2, 0) is 4.79 Å². The van der Waals surface area contributed by atoms with Crippen molar-refractivity contribution >= 4 is 27.8 Å². The number of nitrogens with zero attached hydrogens (tertiary/aromatic N) is 1. The Balaban J connectivity index is 2.37. The molecule has 0 aliphatic carbocycles. The number of hydrogen-bond acceptors (Lipinski definition) is 2. The summed E-state index contributed by atoms with van der Waals surface area (Å²) in [5, 5.41) is 9.10. The van der Waals surface area contributed by atoms with Gasteiger partial charge in [-0.3, -0.25) is 4.79 Å². The number of hydrogen-bond donors (Lipinski definition) is 1. The minimum atomic E-state index is -1.16. The second-order valence-electron chi connectivity index (χ2n) is 4.59. The number of carbonyl (C=O) groups is 2. The normalized spacial score (nSPS) is 18.9. The topological polar surface area (TPSA) is 57.6 Å². The number of benzene rings is 1. The standard InChI is InChI=1S/C13H12BrF2NO3/c14-7-5-8(15)11(9(16)6-7)12(18)17-4-2-1-3-10(17)13(19)20/h5-6,10H,1-4H2,(H,19,20)/t10-/m1/s1. The zero-order valence-electron chi connectivity index (χ0n) is 10.4. The third-order valence-corrected chi connectivity index (χ3v) is 3.73. The summed E-state index contributed by atoms with van der Waals surface area (Å²) in [4.78, 5) is 24.4. The Kier molecular flexibility index (Phi) is 4.37. The lowest BCUT2D eigenvalue weighted by atomic mass is 10.0. The van der Waals surface area contributed by atoms with Gasteiger partial charge >= 0.3 is 5.97 Å². The van der Waals surface area contributed by atoms with Crippen molar-refractivity contribution in [2.45, 2.75) is 25.3 Å². The Morgan fingerprint density at radius 1 is 1.25 bits per heavy atom. The first-order valence-corrected chi connectivity index (χ1v) is 6.89. The molecule has 1 fully saturated rings. The second-order valence-corrected chi connectivity index (χ2v) is 5.51. The van der Waals surface area contributed by atoms with Gasteiger partial charge in [0.1, 0.15) is 23.2 Å². The summed E-state index contributed by atoms with van der Waals surface area (Å²) in [5.41, 5.74) is -0.707. The highest BCUT2D eigenvalue weighted by Crippen LogP contribution is 2.25. The summed E-state index contributed by atoms with van der Waals surface area (Å²) in [6, 6.07) is 0.935. The SMILES string of the molecule is O=C(O)[C@H]1CCCCN1C(=O)c1c(F)cc(Br)cc1F. The lowest BCUT2D eigenvalue weighted by Gasteiger charge is -2.33. The average Bonchev–Trinajstić information content (AvgIpc) is 2.37. The molecule has 1 aromatic rings. The van der Waals surface area contributed by atoms with Gasteiger partial charge in [0.25, 0.3) is 5.91 Å². The highest BCUT2D eigenvalue weighted by molar-refractivity contribution is 9.10. The van der Waals surface area contributed by atoms with Crippen LogP contribution >= 0.6 is 15.9 Å². The van der Waals surface area contributed by atoms with Gasteiger partial charge in [-0.25, -0.2) is 13.6 Å². The minimum absolute atomic E-state index is 0.178. The average molecular weight is 348 g/mol. The molecule has 1 amide bonds. The Hall–Kier alpha value is -1.50. The molecule has 1 atom stereocenters. The van der Waals surface area contributed by atoms with Crippen LogP contribution in [0.15, 0.2) is 16.6 Å². The first-order valence-electron chi connectivity index (χ1n) is 6.10. The first-order chi connectivity index (χ1) is 9.41. The van der Waals surface area contributed by atoms with Crippen LogP contribution in [0.3, 0.4) is 0 Å². The van der Waals surface area contributed by atoms with E-state index in [-0.39, 0.29) is 11.0 Å². The van der Waals surface area contributed by atoms with Crippen molar-refractivity contribution in [2.75, 3.05) is 6.54 Å². The van der Waals surface area contributed by atoms with E-state index < -0.39 is 35.1 Å². The zero-order chi connectivity index (χ0) is 14.9. The van der Waals surface area contributed by atoms with Crippen molar-refractivity contribution in [1.29, 1.82) is 0 Å². The van der Waals surface area contributed by atoms with Crippen LogP contribution in [-0.4, -0.2) is 34.5 Å². The van der Waals surface area contributed by atoms with Crippen LogP contribution in [0.4, 0.5) is 8.78 Å². The van der Waals surface area contributed by atoms with Gasteiger partial charge in [-0.05, 0) is 31.4 Å². The first kappa shape index (κ1) is 14.9. The smallest absolute Gasteiger partial charge is 0.326 e. The van der Waals surface area contributed by atoms with Crippen molar-refractivity contribution in [1.82, 2.24) is 4.90 Å². The summed E-state index contributed by atoms with van der Waals surface area (Å²) in [5.74, 6) is -4.08. The van der Waals surface area contributed by atoms with Crippen molar-refractivity contribution in [3.05, 3.63) is 33.8 Å². The van der Waals surface area contributed by atoms with Crippen LogP contribution in [0.1, 0.15) is 29.6 Å². The zero-order valence-corrected chi connectivity index (χ0v) is 12.0. The molecular formula is C13H12BrF2NO3. The van der Waals surface area contributed by atoms with E-state index in [0.29, 0.717) is 19.3 Å². The summed E-state index contributed by atoms with van der Waals surface area (Å²) in [6.45, 7) is 0.185. The third-order valence-electron chi connectivity index (χ3n) is 3.27. The predicted octanol–water partition coefficient (Wildman–Crippen LogP) is 2.81. The van der Waals surface area contributed by atoms with Gasteiger partial charge in [0, 0.05) is 11.0 Å². The second kappa shape index (κ2) is 5.87. The molecule has 0 unspecified atom stereocenters. The summed E-state index contributed by atoms with van der Waals surface area (Å²) in [6.07, 6.45) is 1.59. The molecule has 108 valence electrons. The molecule has 0 radical (unpaired) electrons. The van der Waals surface area contributed by atoms with E-state index in [0.717, 1.165) is 17.0 Å². The third kappa shape index (κ3) is 2.82. The fourth-order valence-electron chi connectivity index (χ4n) is 2.32. The van der Waals surface area contributed by atoms with Gasteiger partial charge in [0.15, 0.2) is 0 Å². The minimum Gasteiger partial charge on any atom is -0.480 e. The predicted molar refractivity (Wildman–Crippen MR) is 70.4 cm³/mol. The van der Waals surface area contributed by atoms with E-state index in [1.54, 1.807) is 0 Å². The van der Waals surface area contributed by atoms with Gasteiger partial charge in [0.05, 0.1) is 0 Å². The Bertz CT molecular complexity index is 542. The van der Waals surface area contributed by atoms with Crippen LogP contribution < -0.4 is 0 Å². The molecule has 4 nitrogen and oxygen atoms in total. The maximum absolute atomic E-state index is 13.8. The van der Waals surface area contributed by atoms with Gasteiger partial charge in [-0.2, -0.15) is 0 Å². The Morgan fingerprint density at radius 3 is 2.40 bits per heavy atom.